The van der Waals surface area contributed by atoms with E-state index in [1.807, 2.05) is 24.3 Å². The molecule has 2 N–H and O–H groups in total. The van der Waals surface area contributed by atoms with E-state index in [0.717, 1.165) is 17.4 Å². The molecule has 0 aromatic heterocycles. The molecule has 0 bridgehead atoms. The summed E-state index contributed by atoms with van der Waals surface area (Å²) >= 11 is 0. The third kappa shape index (κ3) is 4.83. The number of benzene rings is 2. The predicted octanol–water partition coefficient (Wildman–Crippen LogP) is 2.48. The Morgan fingerprint density at radius 2 is 1.97 bits per heavy atom. The largest absolute Gasteiger partial charge is 0.497 e. The van der Waals surface area contributed by atoms with Gasteiger partial charge < -0.3 is 25.0 Å². The number of esters is 1. The number of nitrogens with one attached hydrogen (secondary N) is 2. The zero-order valence-corrected chi connectivity index (χ0v) is 16.4. The van der Waals surface area contributed by atoms with Crippen LogP contribution in [0, 0.1) is 5.82 Å². The molecule has 1 aliphatic heterocycles. The van der Waals surface area contributed by atoms with Crippen molar-refractivity contribution in [3.8, 4) is 5.75 Å². The maximum atomic E-state index is 14.3. The van der Waals surface area contributed by atoms with E-state index in [-0.39, 0.29) is 24.2 Å². The molecule has 1 saturated heterocycles. The highest BCUT2D eigenvalue weighted by molar-refractivity contribution is 5.89. The summed E-state index contributed by atoms with van der Waals surface area (Å²) in [5, 5.41) is 6.07. The molecule has 3 rings (SSSR count). The summed E-state index contributed by atoms with van der Waals surface area (Å²) in [6.07, 6.45) is 0. The van der Waals surface area contributed by atoms with Crippen LogP contribution in [0.5, 0.6) is 5.75 Å². The lowest BCUT2D eigenvalue weighted by Gasteiger charge is -2.36. The minimum atomic E-state index is -0.609. The van der Waals surface area contributed by atoms with Crippen LogP contribution in [0.15, 0.2) is 42.5 Å². The summed E-state index contributed by atoms with van der Waals surface area (Å²) in [6, 6.07) is 11.2. The third-order valence-corrected chi connectivity index (χ3v) is 4.91. The molecule has 8 heteroatoms. The molecule has 2 amide bonds. The molecule has 29 heavy (non-hydrogen) atoms. The average molecular weight is 401 g/mol. The first-order chi connectivity index (χ1) is 14.0. The number of hydrogen-bond acceptors (Lipinski definition) is 5. The van der Waals surface area contributed by atoms with Crippen LogP contribution in [0.4, 0.5) is 9.18 Å². The average Bonchev–Trinajstić information content (AvgIpc) is 2.77. The lowest BCUT2D eigenvalue weighted by Crippen LogP contribution is -2.51. The Morgan fingerprint density at radius 1 is 1.21 bits per heavy atom. The highest BCUT2D eigenvalue weighted by Crippen LogP contribution is 2.24. The first kappa shape index (κ1) is 20.6. The van der Waals surface area contributed by atoms with Gasteiger partial charge in [-0.05, 0) is 29.8 Å². The number of rotatable bonds is 5. The van der Waals surface area contributed by atoms with Crippen molar-refractivity contribution in [2.24, 2.45) is 0 Å². The molecule has 2 aromatic rings. The number of nitrogens with zero attached hydrogens (tertiary/aromatic N) is 1. The van der Waals surface area contributed by atoms with E-state index in [4.69, 9.17) is 4.74 Å². The molecule has 2 aromatic carbocycles. The van der Waals surface area contributed by atoms with Gasteiger partial charge in [0.05, 0.1) is 25.8 Å². The summed E-state index contributed by atoms with van der Waals surface area (Å²) in [4.78, 5) is 26.0. The van der Waals surface area contributed by atoms with Crippen molar-refractivity contribution < 1.29 is 23.5 Å². The molecular weight excluding hydrogens is 377 g/mol. The highest BCUT2D eigenvalue weighted by Gasteiger charge is 2.28. The van der Waals surface area contributed by atoms with Gasteiger partial charge >= 0.3 is 12.0 Å². The van der Waals surface area contributed by atoms with Crippen molar-refractivity contribution in [1.82, 2.24) is 15.5 Å². The fourth-order valence-corrected chi connectivity index (χ4v) is 3.28. The van der Waals surface area contributed by atoms with E-state index in [1.165, 1.54) is 19.2 Å². The smallest absolute Gasteiger partial charge is 0.337 e. The number of halogens is 1. The quantitative estimate of drug-likeness (QED) is 0.753. The van der Waals surface area contributed by atoms with Crippen LogP contribution >= 0.6 is 0 Å². The number of carbonyl (C=O) groups excluding carboxylic acids is 2. The van der Waals surface area contributed by atoms with Crippen LogP contribution in [0.2, 0.25) is 0 Å². The topological polar surface area (TPSA) is 79.9 Å². The lowest BCUT2D eigenvalue weighted by molar-refractivity contribution is 0.0600. The van der Waals surface area contributed by atoms with Gasteiger partial charge in [0.25, 0.3) is 0 Å². The Bertz CT molecular complexity index is 873. The molecular formula is C21H24FN3O4. The fourth-order valence-electron chi connectivity index (χ4n) is 3.28. The van der Waals surface area contributed by atoms with Gasteiger partial charge in [-0.3, -0.25) is 0 Å². The van der Waals surface area contributed by atoms with E-state index in [9.17, 15) is 14.0 Å². The number of hydrogen-bond donors (Lipinski definition) is 2. The predicted molar refractivity (Wildman–Crippen MR) is 105 cm³/mol. The monoisotopic (exact) mass is 401 g/mol. The van der Waals surface area contributed by atoms with Crippen LogP contribution in [0.1, 0.15) is 27.5 Å². The van der Waals surface area contributed by atoms with Gasteiger partial charge in [0.2, 0.25) is 0 Å². The van der Waals surface area contributed by atoms with Crippen LogP contribution in [-0.4, -0.2) is 50.8 Å². The molecule has 1 aliphatic rings. The zero-order valence-electron chi connectivity index (χ0n) is 16.4. The van der Waals surface area contributed by atoms with Gasteiger partial charge in [-0.25, -0.2) is 14.0 Å². The van der Waals surface area contributed by atoms with Gasteiger partial charge in [-0.1, -0.05) is 18.2 Å². The molecule has 0 spiro atoms. The number of amides is 2. The fraction of sp³-hybridized carbons (Fsp3) is 0.333. The van der Waals surface area contributed by atoms with Gasteiger partial charge in [-0.2, -0.15) is 0 Å². The summed E-state index contributed by atoms with van der Waals surface area (Å²) in [5.74, 6) is -0.428. The molecule has 0 aliphatic carbocycles. The van der Waals surface area contributed by atoms with Crippen molar-refractivity contribution in [2.75, 3.05) is 33.9 Å². The van der Waals surface area contributed by atoms with E-state index < -0.39 is 11.8 Å². The van der Waals surface area contributed by atoms with Gasteiger partial charge in [0.1, 0.15) is 11.6 Å². The van der Waals surface area contributed by atoms with Crippen LogP contribution in [0.3, 0.4) is 0 Å². The second-order valence-corrected chi connectivity index (χ2v) is 6.64. The Balaban J connectivity index is 1.67. The van der Waals surface area contributed by atoms with Crippen molar-refractivity contribution >= 4 is 12.0 Å². The van der Waals surface area contributed by atoms with E-state index in [2.05, 4.69) is 15.4 Å². The maximum Gasteiger partial charge on any atom is 0.337 e. The van der Waals surface area contributed by atoms with Crippen LogP contribution in [0.25, 0.3) is 0 Å². The molecule has 1 heterocycles. The number of carbonyl (C=O) groups is 2. The zero-order chi connectivity index (χ0) is 20.8. The number of piperazine rings is 1. The van der Waals surface area contributed by atoms with Crippen molar-refractivity contribution in [2.45, 2.75) is 12.6 Å². The summed E-state index contributed by atoms with van der Waals surface area (Å²) in [6.45, 7) is 1.86. The van der Waals surface area contributed by atoms with Crippen molar-refractivity contribution in [3.05, 3.63) is 65.0 Å². The molecule has 1 atom stereocenters. The van der Waals surface area contributed by atoms with Gasteiger partial charge in [0.15, 0.2) is 0 Å². The van der Waals surface area contributed by atoms with E-state index >= 15 is 0 Å². The maximum absolute atomic E-state index is 14.3. The number of urea groups is 1. The summed E-state index contributed by atoms with van der Waals surface area (Å²) < 4.78 is 24.0. The van der Waals surface area contributed by atoms with Crippen molar-refractivity contribution in [3.63, 3.8) is 0 Å². The summed E-state index contributed by atoms with van der Waals surface area (Å²) in [5.41, 5.74) is 1.41. The van der Waals surface area contributed by atoms with E-state index in [1.54, 1.807) is 12.0 Å². The number of ether oxygens (including phenoxy) is 2. The first-order valence-electron chi connectivity index (χ1n) is 9.29. The third-order valence-electron chi connectivity index (χ3n) is 4.91. The minimum absolute atomic E-state index is 0.0192. The molecule has 154 valence electrons. The van der Waals surface area contributed by atoms with Gasteiger partial charge in [0, 0.05) is 31.7 Å². The highest BCUT2D eigenvalue weighted by atomic mass is 19.1. The molecule has 1 unspecified atom stereocenters. The molecule has 7 nitrogen and oxygen atoms in total. The van der Waals surface area contributed by atoms with Crippen LogP contribution < -0.4 is 15.4 Å². The minimum Gasteiger partial charge on any atom is -0.497 e. The van der Waals surface area contributed by atoms with Crippen molar-refractivity contribution in [1.29, 1.82) is 0 Å². The normalized spacial score (nSPS) is 16.2. The Kier molecular flexibility index (Phi) is 6.66. The second kappa shape index (κ2) is 9.38. The second-order valence-electron chi connectivity index (χ2n) is 6.64. The van der Waals surface area contributed by atoms with E-state index in [0.29, 0.717) is 25.2 Å². The number of methoxy groups -OCH3 is 2. The standard InChI is InChI=1S/C21H24FN3O4/c1-28-17-7-5-14(6-8-17)19-13-23-9-10-25(19)21(27)24-12-16-4-3-15(11-18(16)22)20(26)29-2/h3-8,11,19,23H,9-10,12-13H2,1-2H3,(H,24,27). The molecule has 1 fully saturated rings. The van der Waals surface area contributed by atoms with Gasteiger partial charge in [-0.15, -0.1) is 0 Å². The molecule has 0 radical (unpaired) electrons. The SMILES string of the molecule is COC(=O)c1ccc(CNC(=O)N2CCNCC2c2ccc(OC)cc2)c(F)c1. The Hall–Kier alpha value is -3.13. The summed E-state index contributed by atoms with van der Waals surface area (Å²) in [7, 11) is 2.84. The first-order valence-corrected chi connectivity index (χ1v) is 9.29. The Labute approximate surface area is 168 Å². The molecule has 0 saturated carbocycles. The Morgan fingerprint density at radius 3 is 2.62 bits per heavy atom. The van der Waals surface area contributed by atoms with Crippen LogP contribution in [-0.2, 0) is 11.3 Å². The lowest BCUT2D eigenvalue weighted by atomic mass is 10.0.